The van der Waals surface area contributed by atoms with Crippen LogP contribution in [0.15, 0.2) is 0 Å². The third kappa shape index (κ3) is 56.5. The van der Waals surface area contributed by atoms with E-state index in [-0.39, 0.29) is 26.1 Å². The molecule has 0 aliphatic carbocycles. The highest BCUT2D eigenvalue weighted by molar-refractivity contribution is 7.47. The van der Waals surface area contributed by atoms with E-state index in [4.69, 9.17) is 18.5 Å². The van der Waals surface area contributed by atoms with Gasteiger partial charge in [0.05, 0.1) is 27.7 Å². The smallest absolute Gasteiger partial charge is 0.462 e. The number of esters is 2. The van der Waals surface area contributed by atoms with Crippen molar-refractivity contribution in [3.8, 4) is 47.4 Å². The van der Waals surface area contributed by atoms with Gasteiger partial charge in [-0.3, -0.25) is 18.6 Å². The normalized spacial score (nSPS) is 12.2. The number of likely N-dealkylation sites (N-methyl/N-ethyl adjacent to an activating group) is 1. The second kappa shape index (κ2) is 53.1. The average molecular weight is 1030 g/mol. The second-order valence-electron chi connectivity index (χ2n) is 21.1. The summed E-state index contributed by atoms with van der Waals surface area (Å²) in [7, 11) is 1.43. The second-order valence-corrected chi connectivity index (χ2v) is 22.6. The number of unbranched alkanes of at least 4 members (excludes halogenated alkanes) is 36. The Morgan fingerprint density at radius 1 is 0.431 bits per heavy atom. The number of quaternary nitrogens is 1. The van der Waals surface area contributed by atoms with E-state index in [1.54, 1.807) is 0 Å². The van der Waals surface area contributed by atoms with E-state index < -0.39 is 32.5 Å². The van der Waals surface area contributed by atoms with Gasteiger partial charge >= 0.3 is 19.8 Å². The molecule has 0 rings (SSSR count). The Hall–Kier alpha value is -2.75. The van der Waals surface area contributed by atoms with Crippen molar-refractivity contribution in [1.29, 1.82) is 0 Å². The number of hydrogen-bond acceptors (Lipinski definition) is 7. The molecule has 0 amide bonds. The molecular weight excluding hydrogens is 918 g/mol. The Balaban J connectivity index is 4.25. The van der Waals surface area contributed by atoms with Crippen LogP contribution in [-0.2, 0) is 32.7 Å². The molecule has 0 aliphatic rings. The fourth-order valence-electron chi connectivity index (χ4n) is 8.18. The summed E-state index contributed by atoms with van der Waals surface area (Å²) in [5.74, 6) is 24.0. The molecule has 0 heterocycles. The number of carbonyl (C=O) groups excluding carboxylic acids is 2. The lowest BCUT2D eigenvalue weighted by Gasteiger charge is -2.24. The van der Waals surface area contributed by atoms with Gasteiger partial charge < -0.3 is 18.9 Å². The molecular formula is C62H109NO8P+. The minimum atomic E-state index is -4.41. The van der Waals surface area contributed by atoms with Crippen LogP contribution >= 0.6 is 7.82 Å². The Morgan fingerprint density at radius 3 is 1.07 bits per heavy atom. The quantitative estimate of drug-likeness (QED) is 0.0211. The van der Waals surface area contributed by atoms with Crippen molar-refractivity contribution in [2.24, 2.45) is 0 Å². The molecule has 0 fully saturated rings. The van der Waals surface area contributed by atoms with Crippen LogP contribution < -0.4 is 0 Å². The highest BCUT2D eigenvalue weighted by atomic mass is 31.2. The van der Waals surface area contributed by atoms with Gasteiger partial charge in [0.1, 0.15) is 19.8 Å². The largest absolute Gasteiger partial charge is 0.472 e. The van der Waals surface area contributed by atoms with Crippen LogP contribution in [-0.4, -0.2) is 74.9 Å². The summed E-state index contributed by atoms with van der Waals surface area (Å²) >= 11 is 0. The number of phosphoric acid groups is 1. The third-order valence-electron chi connectivity index (χ3n) is 12.8. The fourth-order valence-corrected chi connectivity index (χ4v) is 8.92. The molecule has 0 aromatic rings. The average Bonchev–Trinajstić information content (AvgIpc) is 3.34. The molecule has 10 heteroatoms. The Kier molecular flexibility index (Phi) is 51.1. The molecule has 0 bridgehead atoms. The summed E-state index contributed by atoms with van der Waals surface area (Å²) in [6.45, 7) is 4.37. The van der Waals surface area contributed by atoms with Crippen LogP contribution in [0, 0.1) is 47.4 Å². The van der Waals surface area contributed by atoms with Gasteiger partial charge in [-0.25, -0.2) is 4.57 Å². The standard InChI is InChI=1S/C62H108NO8P/c1-6-8-10-12-14-16-18-20-22-24-26-28-30-32-34-36-38-40-42-44-46-48-50-52-54-61(64)68-58-60(59-70-72(66,67)69-57-56-63(3,4)5)71-62(65)55-53-51-49-47-45-43-41-39-37-35-33-31-29-27-25-23-21-19-17-15-13-11-9-7-2/h60H,6-31,40-59H2,1-5H3/p+1/t60-/m1/s1. The van der Waals surface area contributed by atoms with Crippen molar-refractivity contribution in [3.63, 3.8) is 0 Å². The lowest BCUT2D eigenvalue weighted by Crippen LogP contribution is -2.37. The predicted molar refractivity (Wildman–Crippen MR) is 302 cm³/mol. The maximum absolute atomic E-state index is 12.8. The summed E-state index contributed by atoms with van der Waals surface area (Å²) in [5.41, 5.74) is 0. The molecule has 9 nitrogen and oxygen atoms in total. The summed E-state index contributed by atoms with van der Waals surface area (Å²) in [6.07, 6.45) is 47.1. The number of ether oxygens (including phenoxy) is 2. The molecule has 0 aromatic heterocycles. The zero-order valence-corrected chi connectivity index (χ0v) is 48.2. The van der Waals surface area contributed by atoms with E-state index in [9.17, 15) is 19.0 Å². The van der Waals surface area contributed by atoms with E-state index in [0.29, 0.717) is 23.9 Å². The van der Waals surface area contributed by atoms with E-state index in [1.807, 2.05) is 21.1 Å². The molecule has 1 unspecified atom stereocenters. The zero-order chi connectivity index (χ0) is 52.7. The van der Waals surface area contributed by atoms with Crippen LogP contribution in [0.25, 0.3) is 0 Å². The topological polar surface area (TPSA) is 108 Å². The highest BCUT2D eigenvalue weighted by Crippen LogP contribution is 2.43. The molecule has 414 valence electrons. The molecule has 0 aromatic carbocycles. The van der Waals surface area contributed by atoms with Gasteiger partial charge in [-0.1, -0.05) is 230 Å². The summed E-state index contributed by atoms with van der Waals surface area (Å²) in [6, 6.07) is 0. The first-order chi connectivity index (χ1) is 35.0. The van der Waals surface area contributed by atoms with Crippen LogP contribution in [0.3, 0.4) is 0 Å². The number of rotatable bonds is 50. The predicted octanol–water partition coefficient (Wildman–Crippen LogP) is 16.7. The van der Waals surface area contributed by atoms with E-state index in [2.05, 4.69) is 61.2 Å². The van der Waals surface area contributed by atoms with Gasteiger partial charge in [-0.2, -0.15) is 0 Å². The molecule has 2 atom stereocenters. The van der Waals surface area contributed by atoms with Crippen molar-refractivity contribution in [1.82, 2.24) is 0 Å². The van der Waals surface area contributed by atoms with Gasteiger partial charge in [-0.15, -0.1) is 0 Å². The molecule has 72 heavy (non-hydrogen) atoms. The minimum Gasteiger partial charge on any atom is -0.462 e. The maximum Gasteiger partial charge on any atom is 0.472 e. The number of phosphoric ester groups is 1. The lowest BCUT2D eigenvalue weighted by molar-refractivity contribution is -0.870. The number of hydrogen-bond donors (Lipinski definition) is 1. The Labute approximate surface area is 444 Å². The monoisotopic (exact) mass is 1030 g/mol. The van der Waals surface area contributed by atoms with Crippen LogP contribution in [0.5, 0.6) is 0 Å². The van der Waals surface area contributed by atoms with Crippen molar-refractivity contribution < 1.29 is 42.1 Å². The van der Waals surface area contributed by atoms with Crippen molar-refractivity contribution in [2.75, 3.05) is 47.5 Å². The summed E-state index contributed by atoms with van der Waals surface area (Å²) in [5, 5.41) is 0. The van der Waals surface area contributed by atoms with Gasteiger partial charge in [-0.05, 0) is 62.2 Å². The summed E-state index contributed by atoms with van der Waals surface area (Å²) < 4.78 is 34.5. The molecule has 1 N–H and O–H groups in total. The van der Waals surface area contributed by atoms with Gasteiger partial charge in [0.15, 0.2) is 6.10 Å². The number of carbonyl (C=O) groups is 2. The first-order valence-corrected chi connectivity index (χ1v) is 31.2. The SMILES string of the molecule is CCCCCCCCCCCCCCC#CC#CCCCCCCCCC(=O)OC[C@H](COP(=O)(O)OCC[N+](C)(C)C)OC(=O)CCCCCCCCC#CC#CCCCCCCCCCCCCCC. The van der Waals surface area contributed by atoms with E-state index >= 15 is 0 Å². The number of nitrogens with zero attached hydrogens (tertiary/aromatic N) is 1. The molecule has 0 saturated carbocycles. The molecule has 0 radical (unpaired) electrons. The maximum atomic E-state index is 12.8. The van der Waals surface area contributed by atoms with Crippen LogP contribution in [0.4, 0.5) is 0 Å². The first-order valence-electron chi connectivity index (χ1n) is 29.7. The Bertz CT molecular complexity index is 1580. The molecule has 0 aliphatic heterocycles. The van der Waals surface area contributed by atoms with Gasteiger partial charge in [0.2, 0.25) is 0 Å². The van der Waals surface area contributed by atoms with Crippen LogP contribution in [0.2, 0.25) is 0 Å². The van der Waals surface area contributed by atoms with Gasteiger partial charge in [0.25, 0.3) is 0 Å². The van der Waals surface area contributed by atoms with Crippen molar-refractivity contribution in [3.05, 3.63) is 0 Å². The minimum absolute atomic E-state index is 0.0151. The third-order valence-corrected chi connectivity index (χ3v) is 13.8. The van der Waals surface area contributed by atoms with Crippen molar-refractivity contribution >= 4 is 19.8 Å². The zero-order valence-electron chi connectivity index (χ0n) is 47.3. The molecule has 0 spiro atoms. The first kappa shape index (κ1) is 69.2. The fraction of sp³-hybridized carbons (Fsp3) is 0.839. The summed E-state index contributed by atoms with van der Waals surface area (Å²) in [4.78, 5) is 35.7. The highest BCUT2D eigenvalue weighted by Gasteiger charge is 2.27. The lowest BCUT2D eigenvalue weighted by atomic mass is 10.0. The molecule has 0 saturated heterocycles. The van der Waals surface area contributed by atoms with Gasteiger partial charge in [0, 0.05) is 38.5 Å². The van der Waals surface area contributed by atoms with E-state index in [0.717, 1.165) is 89.9 Å². The van der Waals surface area contributed by atoms with Crippen molar-refractivity contribution in [2.45, 2.75) is 290 Å². The Morgan fingerprint density at radius 2 is 0.736 bits per heavy atom. The van der Waals surface area contributed by atoms with E-state index in [1.165, 1.54) is 154 Å². The van der Waals surface area contributed by atoms with Crippen LogP contribution in [0.1, 0.15) is 284 Å².